The van der Waals surface area contributed by atoms with Gasteiger partial charge in [-0.25, -0.2) is 4.98 Å². The van der Waals surface area contributed by atoms with E-state index in [0.717, 1.165) is 25.6 Å². The first-order valence-corrected chi connectivity index (χ1v) is 8.57. The van der Waals surface area contributed by atoms with Gasteiger partial charge in [-0.05, 0) is 31.7 Å². The van der Waals surface area contributed by atoms with Crippen molar-refractivity contribution >= 4 is 22.2 Å². The van der Waals surface area contributed by atoms with Crippen molar-refractivity contribution in [2.24, 2.45) is 5.92 Å². The Morgan fingerprint density at radius 1 is 1.41 bits per heavy atom. The van der Waals surface area contributed by atoms with Crippen LogP contribution in [0.4, 0.5) is 0 Å². The Balaban J connectivity index is 1.41. The lowest BCUT2D eigenvalue weighted by molar-refractivity contribution is 0.0945. The van der Waals surface area contributed by atoms with E-state index < -0.39 is 0 Å². The Morgan fingerprint density at radius 3 is 3.09 bits per heavy atom. The van der Waals surface area contributed by atoms with Crippen LogP contribution in [-0.2, 0) is 0 Å². The summed E-state index contributed by atoms with van der Waals surface area (Å²) in [6.45, 7) is 2.83. The minimum Gasteiger partial charge on any atom is -0.351 e. The van der Waals surface area contributed by atoms with E-state index in [1.54, 1.807) is 11.6 Å². The van der Waals surface area contributed by atoms with Crippen LogP contribution in [0.5, 0.6) is 0 Å². The van der Waals surface area contributed by atoms with Gasteiger partial charge in [0.2, 0.25) is 0 Å². The van der Waals surface area contributed by atoms with E-state index in [9.17, 15) is 9.59 Å². The van der Waals surface area contributed by atoms with E-state index in [0.29, 0.717) is 17.4 Å². The van der Waals surface area contributed by atoms with Crippen LogP contribution >= 0.6 is 11.3 Å². The number of aromatic nitrogens is 2. The summed E-state index contributed by atoms with van der Waals surface area (Å²) in [7, 11) is 0. The average Bonchev–Trinajstić information content (AvgIpc) is 3.07. The first-order chi connectivity index (χ1) is 10.7. The van der Waals surface area contributed by atoms with Crippen molar-refractivity contribution in [3.63, 3.8) is 0 Å². The fourth-order valence-electron chi connectivity index (χ4n) is 3.11. The van der Waals surface area contributed by atoms with Crippen molar-refractivity contribution in [1.82, 2.24) is 19.6 Å². The first kappa shape index (κ1) is 13.9. The predicted octanol–water partition coefficient (Wildman–Crippen LogP) is 0.970. The number of nitrogens with one attached hydrogen (secondary N) is 1. The summed E-state index contributed by atoms with van der Waals surface area (Å²) in [5, 5.41) is 4.69. The maximum Gasteiger partial charge on any atom is 0.271 e. The number of amides is 1. The van der Waals surface area contributed by atoms with Crippen LogP contribution in [0.1, 0.15) is 29.6 Å². The number of rotatable bonds is 4. The zero-order valence-electron chi connectivity index (χ0n) is 12.2. The molecule has 2 aliphatic rings. The van der Waals surface area contributed by atoms with Gasteiger partial charge >= 0.3 is 0 Å². The topological polar surface area (TPSA) is 66.7 Å². The van der Waals surface area contributed by atoms with Gasteiger partial charge in [0.25, 0.3) is 11.5 Å². The molecule has 22 heavy (non-hydrogen) atoms. The highest BCUT2D eigenvalue weighted by molar-refractivity contribution is 7.15. The molecule has 4 rings (SSSR count). The summed E-state index contributed by atoms with van der Waals surface area (Å²) in [4.78, 5) is 31.8. The van der Waals surface area contributed by atoms with Crippen LogP contribution < -0.4 is 10.9 Å². The molecule has 1 saturated carbocycles. The number of likely N-dealkylation sites (tertiary alicyclic amines) is 1. The predicted molar refractivity (Wildman–Crippen MR) is 84.4 cm³/mol. The molecule has 1 saturated heterocycles. The van der Waals surface area contributed by atoms with Crippen molar-refractivity contribution < 1.29 is 4.79 Å². The van der Waals surface area contributed by atoms with Crippen LogP contribution in [0.25, 0.3) is 4.96 Å². The highest BCUT2D eigenvalue weighted by atomic mass is 32.1. The minimum atomic E-state index is -0.317. The number of thiazole rings is 1. The molecule has 2 aromatic heterocycles. The molecule has 6 nitrogen and oxygen atoms in total. The SMILES string of the molecule is O=C(NCC1CCN(C2CC2)C1)c1cnc2sccn2c1=O. The molecule has 1 N–H and O–H groups in total. The number of fused-ring (bicyclic) bond motifs is 1. The summed E-state index contributed by atoms with van der Waals surface area (Å²) in [6.07, 6.45) is 6.80. The lowest BCUT2D eigenvalue weighted by Crippen LogP contribution is -2.35. The minimum absolute atomic E-state index is 0.118. The fourth-order valence-corrected chi connectivity index (χ4v) is 3.79. The van der Waals surface area contributed by atoms with Crippen LogP contribution in [0, 0.1) is 5.92 Å². The maximum atomic E-state index is 12.2. The van der Waals surface area contributed by atoms with E-state index in [2.05, 4.69) is 15.2 Å². The molecule has 7 heteroatoms. The zero-order valence-corrected chi connectivity index (χ0v) is 13.0. The van der Waals surface area contributed by atoms with Crippen molar-refractivity contribution in [3.8, 4) is 0 Å². The molecule has 1 aliphatic carbocycles. The Kier molecular flexibility index (Phi) is 3.46. The van der Waals surface area contributed by atoms with E-state index in [1.807, 2.05) is 0 Å². The molecule has 0 radical (unpaired) electrons. The molecule has 2 aromatic rings. The summed E-state index contributed by atoms with van der Waals surface area (Å²) in [5.41, 5.74) is -0.178. The second-order valence-electron chi connectivity index (χ2n) is 6.12. The molecule has 1 unspecified atom stereocenters. The van der Waals surface area contributed by atoms with Crippen molar-refractivity contribution in [3.05, 3.63) is 33.7 Å². The Morgan fingerprint density at radius 2 is 2.27 bits per heavy atom. The largest absolute Gasteiger partial charge is 0.351 e. The van der Waals surface area contributed by atoms with Crippen LogP contribution in [0.15, 0.2) is 22.6 Å². The van der Waals surface area contributed by atoms with E-state index >= 15 is 0 Å². The van der Waals surface area contributed by atoms with Crippen molar-refractivity contribution in [2.75, 3.05) is 19.6 Å². The Labute approximate surface area is 131 Å². The van der Waals surface area contributed by atoms with Crippen LogP contribution in [-0.4, -0.2) is 45.9 Å². The smallest absolute Gasteiger partial charge is 0.271 e. The average molecular weight is 318 g/mol. The third-order valence-electron chi connectivity index (χ3n) is 4.52. The van der Waals surface area contributed by atoms with Gasteiger partial charge in [-0.2, -0.15) is 0 Å². The monoisotopic (exact) mass is 318 g/mol. The Hall–Kier alpha value is -1.73. The van der Waals surface area contributed by atoms with E-state index in [1.165, 1.54) is 34.8 Å². The second kappa shape index (κ2) is 5.48. The van der Waals surface area contributed by atoms with Crippen molar-refractivity contribution in [1.29, 1.82) is 0 Å². The molecule has 1 aliphatic heterocycles. The summed E-state index contributed by atoms with van der Waals surface area (Å²) < 4.78 is 1.42. The van der Waals surface area contributed by atoms with Gasteiger partial charge in [0.15, 0.2) is 4.96 Å². The van der Waals surface area contributed by atoms with Gasteiger partial charge in [0.05, 0.1) is 0 Å². The standard InChI is InChI=1S/C15H18N4O2S/c20-13(12-8-17-15-19(14(12)21)5-6-22-15)16-7-10-3-4-18(9-10)11-1-2-11/h5-6,8,10-11H,1-4,7,9H2,(H,16,20). The van der Waals surface area contributed by atoms with Gasteiger partial charge < -0.3 is 10.2 Å². The number of hydrogen-bond acceptors (Lipinski definition) is 5. The molecule has 0 bridgehead atoms. The van der Waals surface area contributed by atoms with Gasteiger partial charge in [0, 0.05) is 36.9 Å². The summed E-state index contributed by atoms with van der Waals surface area (Å²) in [5.74, 6) is 0.174. The zero-order chi connectivity index (χ0) is 15.1. The lowest BCUT2D eigenvalue weighted by atomic mass is 10.1. The highest BCUT2D eigenvalue weighted by Crippen LogP contribution is 2.31. The normalized spacial score (nSPS) is 22.3. The molecule has 0 aromatic carbocycles. The first-order valence-electron chi connectivity index (χ1n) is 7.69. The molecule has 1 amide bonds. The quantitative estimate of drug-likeness (QED) is 0.912. The van der Waals surface area contributed by atoms with E-state index in [-0.39, 0.29) is 17.0 Å². The van der Waals surface area contributed by atoms with Crippen molar-refractivity contribution in [2.45, 2.75) is 25.3 Å². The van der Waals surface area contributed by atoms with Gasteiger partial charge in [-0.3, -0.25) is 14.0 Å². The molecular weight excluding hydrogens is 300 g/mol. The molecular formula is C15H18N4O2S. The van der Waals surface area contributed by atoms with Gasteiger partial charge in [-0.15, -0.1) is 11.3 Å². The fraction of sp³-hybridized carbons (Fsp3) is 0.533. The van der Waals surface area contributed by atoms with Crippen LogP contribution in [0.2, 0.25) is 0 Å². The van der Waals surface area contributed by atoms with Gasteiger partial charge in [-0.1, -0.05) is 0 Å². The van der Waals surface area contributed by atoms with Crippen LogP contribution in [0.3, 0.4) is 0 Å². The number of carbonyl (C=O) groups excluding carboxylic acids is 1. The third kappa shape index (κ3) is 2.55. The molecule has 2 fully saturated rings. The molecule has 3 heterocycles. The molecule has 1 atom stereocenters. The number of hydrogen-bond donors (Lipinski definition) is 1. The maximum absolute atomic E-state index is 12.2. The Bertz CT molecular complexity index is 764. The molecule has 0 spiro atoms. The second-order valence-corrected chi connectivity index (χ2v) is 7.00. The summed E-state index contributed by atoms with van der Waals surface area (Å²) >= 11 is 1.38. The number of carbonyl (C=O) groups is 1. The summed E-state index contributed by atoms with van der Waals surface area (Å²) in [6, 6.07) is 0.788. The third-order valence-corrected chi connectivity index (χ3v) is 5.29. The van der Waals surface area contributed by atoms with E-state index in [4.69, 9.17) is 0 Å². The molecule has 116 valence electrons. The number of nitrogens with zero attached hydrogens (tertiary/aromatic N) is 3. The highest BCUT2D eigenvalue weighted by Gasteiger charge is 2.34. The lowest BCUT2D eigenvalue weighted by Gasteiger charge is -2.15. The van der Waals surface area contributed by atoms with Gasteiger partial charge in [0.1, 0.15) is 5.56 Å².